The van der Waals surface area contributed by atoms with Crippen LogP contribution in [0.3, 0.4) is 0 Å². The molecule has 0 saturated carbocycles. The minimum Gasteiger partial charge on any atom is -0.352 e. The molecular weight excluding hydrogens is 304 g/mol. The molecule has 0 radical (unpaired) electrons. The Hall–Kier alpha value is -1.78. The quantitative estimate of drug-likeness (QED) is 0.602. The zero-order valence-corrected chi connectivity index (χ0v) is 14.6. The summed E-state index contributed by atoms with van der Waals surface area (Å²) < 4.78 is 0. The third kappa shape index (κ3) is 5.41. The lowest BCUT2D eigenvalue weighted by Crippen LogP contribution is -2.25. The van der Waals surface area contributed by atoms with Crippen LogP contribution in [0.5, 0.6) is 0 Å². The van der Waals surface area contributed by atoms with Crippen molar-refractivity contribution in [2.24, 2.45) is 5.73 Å². The first kappa shape index (κ1) is 17.6. The number of hydrogen-bond acceptors (Lipinski definition) is 3. The van der Waals surface area contributed by atoms with Crippen molar-refractivity contribution in [2.45, 2.75) is 30.9 Å². The summed E-state index contributed by atoms with van der Waals surface area (Å²) >= 11 is 1.80. The van der Waals surface area contributed by atoms with Crippen LogP contribution in [-0.2, 0) is 5.75 Å². The molecule has 0 aliphatic heterocycles. The standard InChI is InChI=1S/C19H24N2OS/c1-14-7-8-18(15(2)11-14)23-13-16-5-3-6-17(12-16)19(22)21-10-4-9-20/h3,5-8,11-12H,4,9-10,13,20H2,1-2H3,(H,21,22). The molecule has 3 nitrogen and oxygen atoms in total. The molecule has 2 aromatic carbocycles. The molecule has 0 unspecified atom stereocenters. The van der Waals surface area contributed by atoms with E-state index in [1.807, 2.05) is 18.2 Å². The second-order valence-corrected chi connectivity index (χ2v) is 6.67. The summed E-state index contributed by atoms with van der Waals surface area (Å²) in [5.41, 5.74) is 9.88. The zero-order valence-electron chi connectivity index (χ0n) is 13.8. The Kier molecular flexibility index (Phi) is 6.68. The summed E-state index contributed by atoms with van der Waals surface area (Å²) in [4.78, 5) is 13.4. The Balaban J connectivity index is 1.98. The molecule has 3 N–H and O–H groups in total. The van der Waals surface area contributed by atoms with Crippen LogP contribution in [-0.4, -0.2) is 19.0 Å². The van der Waals surface area contributed by atoms with Crippen molar-refractivity contribution in [3.8, 4) is 0 Å². The molecule has 1 amide bonds. The van der Waals surface area contributed by atoms with E-state index in [1.54, 1.807) is 11.8 Å². The van der Waals surface area contributed by atoms with Gasteiger partial charge in [0.05, 0.1) is 0 Å². The molecule has 0 spiro atoms. The normalized spacial score (nSPS) is 10.6. The molecule has 4 heteroatoms. The van der Waals surface area contributed by atoms with Crippen LogP contribution >= 0.6 is 11.8 Å². The van der Waals surface area contributed by atoms with Gasteiger partial charge in [-0.1, -0.05) is 29.8 Å². The van der Waals surface area contributed by atoms with Crippen LogP contribution in [0.2, 0.25) is 0 Å². The van der Waals surface area contributed by atoms with Crippen LogP contribution in [0.4, 0.5) is 0 Å². The van der Waals surface area contributed by atoms with Gasteiger partial charge in [0.15, 0.2) is 0 Å². The van der Waals surface area contributed by atoms with Gasteiger partial charge in [-0.15, -0.1) is 11.8 Å². The SMILES string of the molecule is Cc1ccc(SCc2cccc(C(=O)NCCCN)c2)c(C)c1. The predicted octanol–water partition coefficient (Wildman–Crippen LogP) is 3.67. The number of aryl methyl sites for hydroxylation is 2. The molecule has 0 aromatic heterocycles. The Bertz CT molecular complexity index is 670. The number of hydrogen-bond donors (Lipinski definition) is 2. The van der Waals surface area contributed by atoms with Crippen molar-refractivity contribution in [2.75, 3.05) is 13.1 Å². The molecule has 2 rings (SSSR count). The molecule has 23 heavy (non-hydrogen) atoms. The fourth-order valence-electron chi connectivity index (χ4n) is 2.33. The van der Waals surface area contributed by atoms with Crippen molar-refractivity contribution < 1.29 is 4.79 Å². The molecule has 122 valence electrons. The zero-order chi connectivity index (χ0) is 16.7. The third-order valence-corrected chi connectivity index (χ3v) is 4.83. The molecule has 0 heterocycles. The van der Waals surface area contributed by atoms with Crippen LogP contribution in [0.15, 0.2) is 47.4 Å². The van der Waals surface area contributed by atoms with Gasteiger partial charge in [-0.3, -0.25) is 4.79 Å². The van der Waals surface area contributed by atoms with E-state index in [9.17, 15) is 4.79 Å². The molecule has 0 atom stereocenters. The Labute approximate surface area is 142 Å². The largest absolute Gasteiger partial charge is 0.352 e. The molecule has 2 aromatic rings. The van der Waals surface area contributed by atoms with Gasteiger partial charge in [0, 0.05) is 22.8 Å². The fraction of sp³-hybridized carbons (Fsp3) is 0.316. The third-order valence-electron chi connectivity index (χ3n) is 3.58. The summed E-state index contributed by atoms with van der Waals surface area (Å²) in [6, 6.07) is 14.3. The summed E-state index contributed by atoms with van der Waals surface area (Å²) in [5, 5.41) is 2.89. The number of amides is 1. The lowest BCUT2D eigenvalue weighted by Gasteiger charge is -2.08. The van der Waals surface area contributed by atoms with Gasteiger partial charge in [0.1, 0.15) is 0 Å². The molecule has 0 saturated heterocycles. The topological polar surface area (TPSA) is 55.1 Å². The first-order chi connectivity index (χ1) is 11.1. The maximum absolute atomic E-state index is 12.1. The average Bonchev–Trinajstić information content (AvgIpc) is 2.54. The lowest BCUT2D eigenvalue weighted by molar-refractivity contribution is 0.0953. The Morgan fingerprint density at radius 3 is 2.74 bits per heavy atom. The maximum atomic E-state index is 12.1. The lowest BCUT2D eigenvalue weighted by atomic mass is 10.1. The van der Waals surface area contributed by atoms with Gasteiger partial charge >= 0.3 is 0 Å². The summed E-state index contributed by atoms with van der Waals surface area (Å²) in [5.74, 6) is 0.824. The highest BCUT2D eigenvalue weighted by Crippen LogP contribution is 2.26. The number of thioether (sulfide) groups is 1. The highest BCUT2D eigenvalue weighted by molar-refractivity contribution is 7.98. The number of nitrogens with two attached hydrogens (primary N) is 1. The maximum Gasteiger partial charge on any atom is 0.251 e. The molecule has 0 bridgehead atoms. The molecule has 0 aliphatic carbocycles. The number of rotatable bonds is 7. The number of carbonyl (C=O) groups excluding carboxylic acids is 1. The van der Waals surface area contributed by atoms with Crippen molar-refractivity contribution in [1.82, 2.24) is 5.32 Å². The number of carbonyl (C=O) groups is 1. The van der Waals surface area contributed by atoms with Gasteiger partial charge in [0.2, 0.25) is 0 Å². The van der Waals surface area contributed by atoms with Gasteiger partial charge in [-0.25, -0.2) is 0 Å². The molecular formula is C19H24N2OS. The Morgan fingerprint density at radius 2 is 2.00 bits per heavy atom. The fourth-order valence-corrected chi connectivity index (χ4v) is 3.28. The van der Waals surface area contributed by atoms with Gasteiger partial charge in [0.25, 0.3) is 5.91 Å². The summed E-state index contributed by atoms with van der Waals surface area (Å²) in [7, 11) is 0. The predicted molar refractivity (Wildman–Crippen MR) is 97.9 cm³/mol. The van der Waals surface area contributed by atoms with Crippen LogP contribution in [0.25, 0.3) is 0 Å². The molecule has 0 aliphatic rings. The van der Waals surface area contributed by atoms with Crippen molar-refractivity contribution in [3.05, 3.63) is 64.7 Å². The van der Waals surface area contributed by atoms with E-state index in [1.165, 1.54) is 16.0 Å². The van der Waals surface area contributed by atoms with Crippen molar-refractivity contribution in [3.63, 3.8) is 0 Å². The second kappa shape index (κ2) is 8.75. The number of nitrogens with one attached hydrogen (secondary N) is 1. The van der Waals surface area contributed by atoms with Crippen molar-refractivity contribution >= 4 is 17.7 Å². The van der Waals surface area contributed by atoms with E-state index in [4.69, 9.17) is 5.73 Å². The van der Waals surface area contributed by atoms with E-state index in [0.717, 1.165) is 17.7 Å². The minimum atomic E-state index is -0.0307. The van der Waals surface area contributed by atoms with E-state index in [2.05, 4.69) is 43.4 Å². The van der Waals surface area contributed by atoms with Gasteiger partial charge < -0.3 is 11.1 Å². The summed E-state index contributed by atoms with van der Waals surface area (Å²) in [6.07, 6.45) is 0.800. The van der Waals surface area contributed by atoms with E-state index >= 15 is 0 Å². The monoisotopic (exact) mass is 328 g/mol. The second-order valence-electron chi connectivity index (χ2n) is 5.66. The summed E-state index contributed by atoms with van der Waals surface area (Å²) in [6.45, 7) is 5.45. The van der Waals surface area contributed by atoms with E-state index in [-0.39, 0.29) is 5.91 Å². The van der Waals surface area contributed by atoms with E-state index in [0.29, 0.717) is 18.7 Å². The van der Waals surface area contributed by atoms with Crippen LogP contribution < -0.4 is 11.1 Å². The smallest absolute Gasteiger partial charge is 0.251 e. The van der Waals surface area contributed by atoms with Crippen LogP contribution in [0, 0.1) is 13.8 Å². The van der Waals surface area contributed by atoms with Gasteiger partial charge in [-0.05, 0) is 56.1 Å². The highest BCUT2D eigenvalue weighted by atomic mass is 32.2. The van der Waals surface area contributed by atoms with Gasteiger partial charge in [-0.2, -0.15) is 0 Å². The highest BCUT2D eigenvalue weighted by Gasteiger charge is 2.06. The Morgan fingerprint density at radius 1 is 1.17 bits per heavy atom. The van der Waals surface area contributed by atoms with E-state index < -0.39 is 0 Å². The first-order valence-electron chi connectivity index (χ1n) is 7.87. The minimum absolute atomic E-state index is 0.0307. The number of benzene rings is 2. The molecule has 0 fully saturated rings. The average molecular weight is 328 g/mol. The van der Waals surface area contributed by atoms with Crippen LogP contribution in [0.1, 0.15) is 33.5 Å². The van der Waals surface area contributed by atoms with Crippen molar-refractivity contribution in [1.29, 1.82) is 0 Å². The first-order valence-corrected chi connectivity index (χ1v) is 8.86.